The number of hydrogen-bond donors (Lipinski definition) is 1. The number of pyridine rings is 1. The van der Waals surface area contributed by atoms with Gasteiger partial charge < -0.3 is 5.32 Å². The fourth-order valence-corrected chi connectivity index (χ4v) is 2.58. The number of hydrogen-bond acceptors (Lipinski definition) is 2. The minimum Gasteiger partial charge on any atom is -0.355 e. The van der Waals surface area contributed by atoms with Gasteiger partial charge in [0.25, 0.3) is 5.91 Å². The van der Waals surface area contributed by atoms with Gasteiger partial charge in [0.1, 0.15) is 0 Å². The molecule has 104 valence electrons. The summed E-state index contributed by atoms with van der Waals surface area (Å²) in [5.74, 6) is -0.0993. The molecule has 2 heterocycles. The molecule has 0 saturated heterocycles. The van der Waals surface area contributed by atoms with E-state index in [1.165, 1.54) is 0 Å². The van der Waals surface area contributed by atoms with Gasteiger partial charge in [0.2, 0.25) is 0 Å². The van der Waals surface area contributed by atoms with E-state index in [1.807, 2.05) is 48.6 Å². The third-order valence-corrected chi connectivity index (χ3v) is 3.41. The third-order valence-electron chi connectivity index (χ3n) is 3.41. The lowest BCUT2D eigenvalue weighted by Gasteiger charge is -2.09. The van der Waals surface area contributed by atoms with E-state index in [2.05, 4.69) is 10.3 Å². The third kappa shape index (κ3) is 1.93. The number of rotatable bonds is 1. The molecule has 0 spiro atoms. The Morgan fingerprint density at radius 3 is 2.65 bits per heavy atom. The molecular formula is C15H16ClN3O. The van der Waals surface area contributed by atoms with Crippen LogP contribution in [0.25, 0.3) is 16.7 Å². The van der Waals surface area contributed by atoms with Crippen molar-refractivity contribution in [1.82, 2.24) is 14.7 Å². The number of para-hydroxylation sites is 2. The van der Waals surface area contributed by atoms with Crippen LogP contribution in [0.3, 0.4) is 0 Å². The number of amides is 1. The minimum absolute atomic E-state index is 0. The van der Waals surface area contributed by atoms with E-state index in [4.69, 9.17) is 0 Å². The maximum Gasteiger partial charge on any atom is 0.255 e. The summed E-state index contributed by atoms with van der Waals surface area (Å²) in [7, 11) is 1.64. The number of benzene rings is 1. The van der Waals surface area contributed by atoms with Gasteiger partial charge in [-0.1, -0.05) is 12.1 Å². The molecule has 4 nitrogen and oxygen atoms in total. The molecule has 5 heteroatoms. The molecule has 1 N–H and O–H groups in total. The Bertz CT molecular complexity index is 808. The zero-order chi connectivity index (χ0) is 13.6. The summed E-state index contributed by atoms with van der Waals surface area (Å²) >= 11 is 0. The van der Waals surface area contributed by atoms with Gasteiger partial charge in [-0.2, -0.15) is 0 Å². The predicted molar refractivity (Wildman–Crippen MR) is 82.8 cm³/mol. The van der Waals surface area contributed by atoms with Crippen LogP contribution in [-0.2, 0) is 0 Å². The molecule has 0 unspecified atom stereocenters. The van der Waals surface area contributed by atoms with Crippen LogP contribution in [0.1, 0.15) is 21.6 Å². The summed E-state index contributed by atoms with van der Waals surface area (Å²) in [6.45, 7) is 3.97. The van der Waals surface area contributed by atoms with Crippen molar-refractivity contribution in [3.8, 4) is 0 Å². The van der Waals surface area contributed by atoms with Gasteiger partial charge in [-0.25, -0.2) is 4.98 Å². The van der Waals surface area contributed by atoms with E-state index in [-0.39, 0.29) is 18.3 Å². The highest BCUT2D eigenvalue weighted by Crippen LogP contribution is 2.23. The van der Waals surface area contributed by atoms with Gasteiger partial charge in [0.15, 0.2) is 5.65 Å². The van der Waals surface area contributed by atoms with E-state index in [9.17, 15) is 4.79 Å². The predicted octanol–water partition coefficient (Wildman–Crippen LogP) is 2.89. The maximum absolute atomic E-state index is 12.1. The molecule has 3 rings (SSSR count). The highest BCUT2D eigenvalue weighted by Gasteiger charge is 2.17. The second kappa shape index (κ2) is 5.13. The van der Waals surface area contributed by atoms with Gasteiger partial charge >= 0.3 is 0 Å². The Kier molecular flexibility index (Phi) is 3.68. The van der Waals surface area contributed by atoms with Gasteiger partial charge in [0, 0.05) is 12.7 Å². The number of halogens is 1. The number of carbonyl (C=O) groups is 1. The number of carbonyl (C=O) groups excluding carboxylic acids is 1. The van der Waals surface area contributed by atoms with Crippen LogP contribution in [0.5, 0.6) is 0 Å². The Labute approximate surface area is 123 Å². The molecule has 3 aromatic rings. The lowest BCUT2D eigenvalue weighted by atomic mass is 10.1. The van der Waals surface area contributed by atoms with Crippen LogP contribution < -0.4 is 5.32 Å². The summed E-state index contributed by atoms with van der Waals surface area (Å²) in [5, 5.41) is 2.69. The first-order chi connectivity index (χ1) is 9.13. The van der Waals surface area contributed by atoms with E-state index in [0.717, 1.165) is 27.9 Å². The molecule has 0 aliphatic rings. The van der Waals surface area contributed by atoms with Gasteiger partial charge in [0.05, 0.1) is 16.6 Å². The Balaban J connectivity index is 0.00000147. The maximum atomic E-state index is 12.1. The van der Waals surface area contributed by atoms with Crippen molar-refractivity contribution in [3.05, 3.63) is 47.2 Å². The van der Waals surface area contributed by atoms with Crippen molar-refractivity contribution in [1.29, 1.82) is 0 Å². The van der Waals surface area contributed by atoms with E-state index < -0.39 is 0 Å². The normalized spacial score (nSPS) is 10.6. The van der Waals surface area contributed by atoms with Crippen molar-refractivity contribution >= 4 is 35.0 Å². The standard InChI is InChI=1S/C15H15N3O.ClH/c1-9-8-10(2)18-12-7-5-4-6-11(12)17-14(18)13(9)15(19)16-3;/h4-8H,1-3H3,(H,16,19);1H. The summed E-state index contributed by atoms with van der Waals surface area (Å²) in [6, 6.07) is 9.94. The highest BCUT2D eigenvalue weighted by atomic mass is 35.5. The zero-order valence-electron chi connectivity index (χ0n) is 11.6. The number of aryl methyl sites for hydroxylation is 2. The van der Waals surface area contributed by atoms with Gasteiger partial charge in [-0.05, 0) is 37.6 Å². The number of nitrogens with zero attached hydrogens (tertiary/aromatic N) is 2. The molecule has 20 heavy (non-hydrogen) atoms. The van der Waals surface area contributed by atoms with Crippen LogP contribution in [0, 0.1) is 13.8 Å². The average Bonchev–Trinajstić information content (AvgIpc) is 2.77. The quantitative estimate of drug-likeness (QED) is 0.749. The van der Waals surface area contributed by atoms with E-state index in [0.29, 0.717) is 5.56 Å². The Hall–Kier alpha value is -2.07. The summed E-state index contributed by atoms with van der Waals surface area (Å²) in [6.07, 6.45) is 0. The second-order valence-electron chi connectivity index (χ2n) is 4.68. The highest BCUT2D eigenvalue weighted by molar-refractivity contribution is 6.02. The van der Waals surface area contributed by atoms with Gasteiger partial charge in [-0.3, -0.25) is 9.20 Å². The molecule has 1 amide bonds. The molecule has 1 aromatic carbocycles. The first-order valence-corrected chi connectivity index (χ1v) is 6.23. The first-order valence-electron chi connectivity index (χ1n) is 6.23. The van der Waals surface area contributed by atoms with Gasteiger partial charge in [-0.15, -0.1) is 12.4 Å². The Morgan fingerprint density at radius 2 is 1.95 bits per heavy atom. The van der Waals surface area contributed by atoms with Crippen LogP contribution in [0.2, 0.25) is 0 Å². The van der Waals surface area contributed by atoms with Crippen LogP contribution in [0.15, 0.2) is 30.3 Å². The molecule has 0 radical (unpaired) electrons. The monoisotopic (exact) mass is 289 g/mol. The smallest absolute Gasteiger partial charge is 0.255 e. The molecule has 0 fully saturated rings. The fourth-order valence-electron chi connectivity index (χ4n) is 2.58. The molecule has 2 aromatic heterocycles. The van der Waals surface area contributed by atoms with Crippen LogP contribution in [0.4, 0.5) is 0 Å². The molecule has 0 aliphatic carbocycles. The number of fused-ring (bicyclic) bond motifs is 3. The largest absolute Gasteiger partial charge is 0.355 e. The SMILES string of the molecule is CNC(=O)c1c(C)cc(C)n2c1nc1ccccc12.Cl. The van der Waals surface area contributed by atoms with Crippen molar-refractivity contribution < 1.29 is 4.79 Å². The number of nitrogens with one attached hydrogen (secondary N) is 1. The van der Waals surface area contributed by atoms with E-state index in [1.54, 1.807) is 7.05 Å². The minimum atomic E-state index is -0.0993. The molecule has 0 aliphatic heterocycles. The average molecular weight is 290 g/mol. The summed E-state index contributed by atoms with van der Waals surface area (Å²) in [4.78, 5) is 16.7. The van der Waals surface area contributed by atoms with Crippen molar-refractivity contribution in [2.24, 2.45) is 0 Å². The van der Waals surface area contributed by atoms with Crippen LogP contribution in [-0.4, -0.2) is 22.3 Å². The topological polar surface area (TPSA) is 46.4 Å². The van der Waals surface area contributed by atoms with Crippen molar-refractivity contribution in [3.63, 3.8) is 0 Å². The lowest BCUT2D eigenvalue weighted by Crippen LogP contribution is -2.20. The van der Waals surface area contributed by atoms with Crippen molar-refractivity contribution in [2.45, 2.75) is 13.8 Å². The van der Waals surface area contributed by atoms with Crippen molar-refractivity contribution in [2.75, 3.05) is 7.05 Å². The number of aromatic nitrogens is 2. The lowest BCUT2D eigenvalue weighted by molar-refractivity contribution is 0.0963. The molecular weight excluding hydrogens is 274 g/mol. The summed E-state index contributed by atoms with van der Waals surface area (Å²) < 4.78 is 2.03. The molecule has 0 atom stereocenters. The second-order valence-corrected chi connectivity index (χ2v) is 4.68. The van der Waals surface area contributed by atoms with Crippen LogP contribution >= 0.6 is 12.4 Å². The fraction of sp³-hybridized carbons (Fsp3) is 0.200. The van der Waals surface area contributed by atoms with E-state index >= 15 is 0 Å². The summed E-state index contributed by atoms with van der Waals surface area (Å²) in [5.41, 5.74) is 5.32. The zero-order valence-corrected chi connectivity index (χ0v) is 12.4. The molecule has 0 bridgehead atoms. The Morgan fingerprint density at radius 1 is 1.25 bits per heavy atom. The first kappa shape index (κ1) is 14.3. The number of imidazole rings is 1. The molecule has 0 saturated carbocycles.